The molecular weight excluding hydrogens is 753 g/mol. The molecule has 0 atom stereocenters. The standard InChI is InChI=1S/C53H30N6S/c1-2-16-32(17-3-1)50-56-51(39-25-14-18-31-15-4-5-19-33(31)39)58-52(57-50)48-53(55-43-27-12-11-26-42(43)54-48)59-44-30-46-40(36-22-10-13-28-45(36)60-46)29-41(44)47-37-23-8-6-20-34(37)35-21-7-9-24-38(35)49(47)59/h1-30H. The lowest BCUT2D eigenvalue weighted by atomic mass is 9.96. The van der Waals surface area contributed by atoms with Crippen LogP contribution < -0.4 is 0 Å². The molecule has 4 aromatic heterocycles. The minimum atomic E-state index is 0.447. The fourth-order valence-electron chi connectivity index (χ4n) is 9.15. The third kappa shape index (κ3) is 4.90. The second-order valence-electron chi connectivity index (χ2n) is 15.2. The topological polar surface area (TPSA) is 69.4 Å². The monoisotopic (exact) mass is 782 g/mol. The van der Waals surface area contributed by atoms with Crippen LogP contribution in [-0.4, -0.2) is 29.5 Å². The molecule has 60 heavy (non-hydrogen) atoms. The van der Waals surface area contributed by atoms with Crippen molar-refractivity contribution in [1.29, 1.82) is 0 Å². The number of rotatable bonds is 4. The first-order valence-electron chi connectivity index (χ1n) is 20.0. The molecule has 0 fully saturated rings. The van der Waals surface area contributed by atoms with E-state index in [0.29, 0.717) is 29.0 Å². The molecule has 278 valence electrons. The van der Waals surface area contributed by atoms with E-state index in [1.165, 1.54) is 41.7 Å². The van der Waals surface area contributed by atoms with E-state index in [1.54, 1.807) is 0 Å². The Balaban J connectivity index is 1.21. The maximum atomic E-state index is 5.56. The molecule has 7 heteroatoms. The van der Waals surface area contributed by atoms with Gasteiger partial charge in [-0.2, -0.15) is 0 Å². The van der Waals surface area contributed by atoms with Gasteiger partial charge in [-0.15, -0.1) is 11.3 Å². The number of fused-ring (bicyclic) bond motifs is 13. The normalized spacial score (nSPS) is 12.0. The first-order chi connectivity index (χ1) is 29.7. The van der Waals surface area contributed by atoms with Gasteiger partial charge >= 0.3 is 0 Å². The number of nitrogens with zero attached hydrogens (tertiary/aromatic N) is 6. The van der Waals surface area contributed by atoms with Crippen LogP contribution in [0.3, 0.4) is 0 Å². The predicted molar refractivity (Wildman–Crippen MR) is 249 cm³/mol. The number of benzene rings is 9. The molecule has 0 aliphatic heterocycles. The predicted octanol–water partition coefficient (Wildman–Crippen LogP) is 13.7. The zero-order valence-corrected chi connectivity index (χ0v) is 32.7. The summed E-state index contributed by atoms with van der Waals surface area (Å²) in [6.45, 7) is 0. The van der Waals surface area contributed by atoms with Gasteiger partial charge in [0.2, 0.25) is 0 Å². The van der Waals surface area contributed by atoms with Crippen molar-refractivity contribution in [3.63, 3.8) is 0 Å². The Labute approximate surface area is 346 Å². The van der Waals surface area contributed by atoms with Crippen LogP contribution in [0.5, 0.6) is 0 Å². The average Bonchev–Trinajstić information content (AvgIpc) is 3.85. The highest BCUT2D eigenvalue weighted by Crippen LogP contribution is 2.46. The Morgan fingerprint density at radius 1 is 0.383 bits per heavy atom. The van der Waals surface area contributed by atoms with Crippen molar-refractivity contribution < 1.29 is 0 Å². The van der Waals surface area contributed by atoms with Gasteiger partial charge in [-0.3, -0.25) is 4.57 Å². The molecule has 13 rings (SSSR count). The quantitative estimate of drug-likeness (QED) is 0.166. The van der Waals surface area contributed by atoms with Gasteiger partial charge in [-0.1, -0.05) is 152 Å². The lowest BCUT2D eigenvalue weighted by molar-refractivity contribution is 1.03. The van der Waals surface area contributed by atoms with Gasteiger partial charge in [-0.05, 0) is 57.3 Å². The van der Waals surface area contributed by atoms with Crippen molar-refractivity contribution in [2.24, 2.45) is 0 Å². The summed E-state index contributed by atoms with van der Waals surface area (Å²) in [6.07, 6.45) is 0. The van der Waals surface area contributed by atoms with Gasteiger partial charge in [-0.25, -0.2) is 24.9 Å². The van der Waals surface area contributed by atoms with Gasteiger partial charge in [0.15, 0.2) is 29.0 Å². The SMILES string of the molecule is c1ccc(-c2nc(-c3nc4ccccc4nc3-n3c4cc5sc6ccccc6c5cc4c4c5ccccc5c5ccccc5c43)nc(-c3cccc4ccccc34)n2)cc1. The largest absolute Gasteiger partial charge is 0.291 e. The van der Waals surface area contributed by atoms with Crippen molar-refractivity contribution >= 4 is 96.7 Å². The zero-order valence-electron chi connectivity index (χ0n) is 31.9. The van der Waals surface area contributed by atoms with Gasteiger partial charge in [0, 0.05) is 47.5 Å². The van der Waals surface area contributed by atoms with Gasteiger partial charge < -0.3 is 0 Å². The van der Waals surface area contributed by atoms with Crippen LogP contribution in [0.15, 0.2) is 182 Å². The van der Waals surface area contributed by atoms with Crippen LogP contribution in [0, 0.1) is 0 Å². The maximum Gasteiger partial charge on any atom is 0.186 e. The first-order valence-corrected chi connectivity index (χ1v) is 20.8. The molecule has 4 heterocycles. The Morgan fingerprint density at radius 2 is 1.00 bits per heavy atom. The number of hydrogen-bond acceptors (Lipinski definition) is 6. The van der Waals surface area contributed by atoms with Crippen molar-refractivity contribution in [1.82, 2.24) is 29.5 Å². The van der Waals surface area contributed by atoms with E-state index in [4.69, 9.17) is 24.9 Å². The van der Waals surface area contributed by atoms with Gasteiger partial charge in [0.1, 0.15) is 0 Å². The lowest BCUT2D eigenvalue weighted by Gasteiger charge is -2.16. The number of hydrogen-bond donors (Lipinski definition) is 0. The van der Waals surface area contributed by atoms with Crippen LogP contribution in [0.25, 0.3) is 125 Å². The van der Waals surface area contributed by atoms with E-state index in [0.717, 1.165) is 54.7 Å². The molecular formula is C53H30N6S. The molecule has 0 radical (unpaired) electrons. The van der Waals surface area contributed by atoms with E-state index in [9.17, 15) is 0 Å². The van der Waals surface area contributed by atoms with E-state index in [-0.39, 0.29) is 0 Å². The molecule has 0 bridgehead atoms. The second kappa shape index (κ2) is 12.8. The van der Waals surface area contributed by atoms with Crippen LogP contribution in [-0.2, 0) is 0 Å². The zero-order chi connectivity index (χ0) is 39.3. The molecule has 0 spiro atoms. The first kappa shape index (κ1) is 33.1. The number of thiophene rings is 1. The number of para-hydroxylation sites is 2. The molecule has 0 saturated carbocycles. The Kier molecular flexibility index (Phi) is 7.08. The molecule has 13 aromatic rings. The maximum absolute atomic E-state index is 5.56. The summed E-state index contributed by atoms with van der Waals surface area (Å²) < 4.78 is 4.81. The summed E-state index contributed by atoms with van der Waals surface area (Å²) >= 11 is 1.82. The fraction of sp³-hybridized carbons (Fsp3) is 0. The molecule has 0 N–H and O–H groups in total. The summed E-state index contributed by atoms with van der Waals surface area (Å²) in [4.78, 5) is 26.8. The van der Waals surface area contributed by atoms with E-state index < -0.39 is 0 Å². The third-order valence-corrected chi connectivity index (χ3v) is 12.9. The fourth-order valence-corrected chi connectivity index (χ4v) is 10.3. The molecule has 0 aliphatic rings. The minimum absolute atomic E-state index is 0.447. The summed E-state index contributed by atoms with van der Waals surface area (Å²) in [5.41, 5.74) is 6.03. The minimum Gasteiger partial charge on any atom is -0.291 e. The highest BCUT2D eigenvalue weighted by Gasteiger charge is 2.26. The number of aromatic nitrogens is 6. The van der Waals surface area contributed by atoms with Gasteiger partial charge in [0.05, 0.1) is 22.1 Å². The Morgan fingerprint density at radius 3 is 1.83 bits per heavy atom. The third-order valence-electron chi connectivity index (χ3n) is 11.8. The molecule has 0 aliphatic carbocycles. The molecule has 0 amide bonds. The smallest absolute Gasteiger partial charge is 0.186 e. The van der Waals surface area contributed by atoms with Crippen molar-refractivity contribution in [3.05, 3.63) is 182 Å². The van der Waals surface area contributed by atoms with Crippen LogP contribution >= 0.6 is 11.3 Å². The van der Waals surface area contributed by atoms with Crippen molar-refractivity contribution in [2.45, 2.75) is 0 Å². The molecule has 0 unspecified atom stereocenters. The summed E-state index contributed by atoms with van der Waals surface area (Å²) in [7, 11) is 0. The Hall–Kier alpha value is -7.87. The highest BCUT2D eigenvalue weighted by atomic mass is 32.1. The van der Waals surface area contributed by atoms with E-state index in [2.05, 4.69) is 132 Å². The van der Waals surface area contributed by atoms with Gasteiger partial charge in [0.25, 0.3) is 0 Å². The summed E-state index contributed by atoms with van der Waals surface area (Å²) in [5.74, 6) is 2.24. The molecule has 6 nitrogen and oxygen atoms in total. The highest BCUT2D eigenvalue weighted by molar-refractivity contribution is 7.25. The summed E-state index contributed by atoms with van der Waals surface area (Å²) in [6, 6.07) is 63.8. The molecule has 9 aromatic carbocycles. The van der Waals surface area contributed by atoms with Crippen LogP contribution in [0.4, 0.5) is 0 Å². The molecule has 0 saturated heterocycles. The lowest BCUT2D eigenvalue weighted by Crippen LogP contribution is -2.08. The van der Waals surface area contributed by atoms with Crippen LogP contribution in [0.1, 0.15) is 0 Å². The van der Waals surface area contributed by atoms with Crippen molar-refractivity contribution in [2.75, 3.05) is 0 Å². The van der Waals surface area contributed by atoms with Crippen LogP contribution in [0.2, 0.25) is 0 Å². The second-order valence-corrected chi connectivity index (χ2v) is 16.3. The summed E-state index contributed by atoms with van der Waals surface area (Å²) in [5, 5.41) is 11.7. The Bertz CT molecular complexity index is 3900. The van der Waals surface area contributed by atoms with E-state index >= 15 is 0 Å². The average molecular weight is 783 g/mol. The van der Waals surface area contributed by atoms with E-state index in [1.807, 2.05) is 65.9 Å². The van der Waals surface area contributed by atoms with Crippen molar-refractivity contribution in [3.8, 4) is 40.1 Å².